The molecule has 0 bridgehead atoms. The van der Waals surface area contributed by atoms with Gasteiger partial charge in [0.2, 0.25) is 5.91 Å². The lowest BCUT2D eigenvalue weighted by Gasteiger charge is -2.36. The average molecular weight is 599 g/mol. The van der Waals surface area contributed by atoms with Gasteiger partial charge in [-0.3, -0.25) is 34.9 Å². The summed E-state index contributed by atoms with van der Waals surface area (Å²) in [4.78, 5) is 37.5. The third kappa shape index (κ3) is 6.09. The largest absolute Gasteiger partial charge is 0.485 e. The number of halogens is 2. The van der Waals surface area contributed by atoms with Gasteiger partial charge in [-0.2, -0.15) is 0 Å². The summed E-state index contributed by atoms with van der Waals surface area (Å²) in [5.41, 5.74) is 10.9. The van der Waals surface area contributed by atoms with Gasteiger partial charge in [0.15, 0.2) is 5.69 Å². The molecule has 216 valence electrons. The molecule has 1 saturated heterocycles. The predicted octanol–water partition coefficient (Wildman–Crippen LogP) is 3.61. The van der Waals surface area contributed by atoms with Crippen molar-refractivity contribution in [2.45, 2.75) is 26.9 Å². The highest BCUT2D eigenvalue weighted by Gasteiger charge is 2.27. The molecule has 12 heteroatoms. The normalized spacial score (nSPS) is 14.1. The fourth-order valence-corrected chi connectivity index (χ4v) is 5.39. The summed E-state index contributed by atoms with van der Waals surface area (Å²) in [7, 11) is 0. The second kappa shape index (κ2) is 12.8. The van der Waals surface area contributed by atoms with E-state index in [0.29, 0.717) is 5.69 Å². The summed E-state index contributed by atoms with van der Waals surface area (Å²) >= 11 is 0. The number of rotatable bonds is 5. The topological polar surface area (TPSA) is 105 Å². The van der Waals surface area contributed by atoms with E-state index in [9.17, 15) is 9.59 Å². The highest BCUT2D eigenvalue weighted by atomic mass is 35.5. The molecular weight excluding hydrogens is 565 g/mol. The van der Waals surface area contributed by atoms with Crippen molar-refractivity contribution < 1.29 is 14.3 Å². The maximum Gasteiger partial charge on any atom is 0.290 e. The van der Waals surface area contributed by atoms with Crippen molar-refractivity contribution >= 4 is 53.2 Å². The van der Waals surface area contributed by atoms with E-state index in [4.69, 9.17) is 9.72 Å². The Hall–Kier alpha value is -3.86. The van der Waals surface area contributed by atoms with Crippen LogP contribution in [0.5, 0.6) is 5.75 Å². The number of carbonyl (C=O) groups excluding carboxylic acids is 2. The monoisotopic (exact) mass is 597 g/mol. The van der Waals surface area contributed by atoms with Gasteiger partial charge in [0.1, 0.15) is 18.7 Å². The molecule has 2 N–H and O–H groups in total. The Morgan fingerprint density at radius 2 is 1.71 bits per heavy atom. The minimum Gasteiger partial charge on any atom is -0.485 e. The van der Waals surface area contributed by atoms with Gasteiger partial charge in [0.25, 0.3) is 5.91 Å². The fraction of sp³-hybridized carbons (Fsp3) is 0.310. The van der Waals surface area contributed by atoms with E-state index in [1.807, 2.05) is 23.6 Å². The van der Waals surface area contributed by atoms with E-state index in [0.717, 1.165) is 67.4 Å². The van der Waals surface area contributed by atoms with Gasteiger partial charge < -0.3 is 9.64 Å². The van der Waals surface area contributed by atoms with Crippen molar-refractivity contribution in [1.29, 1.82) is 0 Å². The number of aromatic nitrogens is 3. The molecule has 2 aromatic heterocycles. The summed E-state index contributed by atoms with van der Waals surface area (Å²) in [6.07, 6.45) is 2.49. The number of ether oxygens (including phenoxy) is 1. The number of hydrogen-bond donors (Lipinski definition) is 2. The van der Waals surface area contributed by atoms with Crippen LogP contribution < -0.4 is 20.5 Å². The second-order valence-electron chi connectivity index (χ2n) is 9.97. The van der Waals surface area contributed by atoms with Crippen molar-refractivity contribution in [1.82, 2.24) is 30.3 Å². The molecule has 6 rings (SSSR count). The molecule has 0 aliphatic carbocycles. The highest BCUT2D eigenvalue weighted by Crippen LogP contribution is 2.34. The predicted molar refractivity (Wildman–Crippen MR) is 163 cm³/mol. The molecule has 0 radical (unpaired) electrons. The third-order valence-corrected chi connectivity index (χ3v) is 7.38. The number of pyridine rings is 1. The van der Waals surface area contributed by atoms with Crippen LogP contribution in [0.2, 0.25) is 0 Å². The second-order valence-corrected chi connectivity index (χ2v) is 9.97. The lowest BCUT2D eigenvalue weighted by molar-refractivity contribution is -0.119. The van der Waals surface area contributed by atoms with Gasteiger partial charge in [-0.05, 0) is 49.2 Å². The minimum absolute atomic E-state index is 0. The number of hydrogen-bond acceptors (Lipinski definition) is 7. The molecule has 4 aromatic rings. The van der Waals surface area contributed by atoms with Crippen LogP contribution >= 0.6 is 24.8 Å². The van der Waals surface area contributed by atoms with Gasteiger partial charge >= 0.3 is 0 Å². The Kier molecular flexibility index (Phi) is 9.37. The van der Waals surface area contributed by atoms with Crippen LogP contribution in [0.15, 0.2) is 54.9 Å². The quantitative estimate of drug-likeness (QED) is 0.339. The zero-order valence-corrected chi connectivity index (χ0v) is 24.6. The Labute approximate surface area is 250 Å². The van der Waals surface area contributed by atoms with Crippen LogP contribution in [0.3, 0.4) is 0 Å². The molecule has 0 unspecified atom stereocenters. The zero-order chi connectivity index (χ0) is 26.9. The Balaban J connectivity index is 0.00000194. The molecule has 0 saturated carbocycles. The summed E-state index contributed by atoms with van der Waals surface area (Å²) in [6, 6.07) is 16.7. The number of amides is 2. The number of fused-ring (bicyclic) bond motifs is 4. The molecule has 2 aliphatic heterocycles. The molecule has 2 aromatic carbocycles. The van der Waals surface area contributed by atoms with Gasteiger partial charge in [0.05, 0.1) is 16.9 Å². The number of imidazole rings is 1. The Bertz CT molecular complexity index is 1570. The maximum absolute atomic E-state index is 12.5. The first-order valence-electron chi connectivity index (χ1n) is 13.2. The lowest BCUT2D eigenvalue weighted by Crippen LogP contribution is -2.47. The van der Waals surface area contributed by atoms with Crippen LogP contribution in [0.1, 0.15) is 34.4 Å². The van der Waals surface area contributed by atoms with E-state index < -0.39 is 5.91 Å². The molecule has 0 spiro atoms. The van der Waals surface area contributed by atoms with E-state index >= 15 is 0 Å². The number of para-hydroxylation sites is 1. The van der Waals surface area contributed by atoms with Crippen LogP contribution in [0, 0.1) is 6.92 Å². The van der Waals surface area contributed by atoms with Gasteiger partial charge in [-0.25, -0.2) is 4.98 Å². The molecule has 0 atom stereocenters. The summed E-state index contributed by atoms with van der Waals surface area (Å²) < 4.78 is 8.05. The third-order valence-electron chi connectivity index (χ3n) is 7.38. The van der Waals surface area contributed by atoms with E-state index in [1.165, 1.54) is 18.0 Å². The number of anilines is 1. The lowest BCUT2D eigenvalue weighted by atomic mass is 10.1. The number of carbonyl (C=O) groups is 2. The van der Waals surface area contributed by atoms with Crippen LogP contribution in [-0.2, 0) is 17.8 Å². The van der Waals surface area contributed by atoms with Gasteiger partial charge in [-0.15, -0.1) is 24.8 Å². The molecule has 2 amide bonds. The smallest absolute Gasteiger partial charge is 0.290 e. The summed E-state index contributed by atoms with van der Waals surface area (Å²) in [6.45, 7) is 8.44. The minimum atomic E-state index is -0.476. The van der Waals surface area contributed by atoms with E-state index in [-0.39, 0.29) is 43.0 Å². The average Bonchev–Trinajstić information content (AvgIpc) is 3.39. The highest BCUT2D eigenvalue weighted by molar-refractivity contribution is 5.95. The van der Waals surface area contributed by atoms with Crippen molar-refractivity contribution in [2.24, 2.45) is 0 Å². The molecule has 10 nitrogen and oxygen atoms in total. The number of piperazine rings is 1. The number of aryl methyl sites for hydroxylation is 1. The fourth-order valence-electron chi connectivity index (χ4n) is 5.39. The van der Waals surface area contributed by atoms with Crippen molar-refractivity contribution in [3.63, 3.8) is 0 Å². The first kappa shape index (κ1) is 30.1. The van der Waals surface area contributed by atoms with Crippen LogP contribution in [-0.4, -0.2) is 64.0 Å². The van der Waals surface area contributed by atoms with Crippen molar-refractivity contribution in [3.8, 4) is 11.4 Å². The number of hydrazine groups is 1. The Morgan fingerprint density at radius 3 is 2.49 bits per heavy atom. The number of nitrogens with zero attached hydrogens (tertiary/aromatic N) is 5. The van der Waals surface area contributed by atoms with E-state index in [1.54, 1.807) is 6.33 Å². The molecule has 41 heavy (non-hydrogen) atoms. The van der Waals surface area contributed by atoms with Crippen LogP contribution in [0.4, 0.5) is 5.69 Å². The molecule has 4 heterocycles. The van der Waals surface area contributed by atoms with Gasteiger partial charge in [0, 0.05) is 56.4 Å². The zero-order valence-electron chi connectivity index (χ0n) is 22.9. The summed E-state index contributed by atoms with van der Waals surface area (Å²) in [5, 5.41) is 1.21. The summed E-state index contributed by atoms with van der Waals surface area (Å²) in [5.74, 6) is -0.00501. The first-order valence-corrected chi connectivity index (χ1v) is 13.2. The molecular formula is C29H33Cl2N7O3. The number of nitrogens with one attached hydrogen (secondary N) is 2. The first-order chi connectivity index (χ1) is 19.0. The van der Waals surface area contributed by atoms with Crippen molar-refractivity contribution in [3.05, 3.63) is 77.5 Å². The Morgan fingerprint density at radius 1 is 0.951 bits per heavy atom. The van der Waals surface area contributed by atoms with Crippen molar-refractivity contribution in [2.75, 3.05) is 37.6 Å². The SMILES string of the molecule is CC(=O)NNC(=O)c1ncn2c1COc1c(CCN3CCN(c4cccc5nc(C)ccc45)CC3)cccc1-2.Cl.Cl. The van der Waals surface area contributed by atoms with Gasteiger partial charge in [-0.1, -0.05) is 18.2 Å². The molecule has 1 fully saturated rings. The van der Waals surface area contributed by atoms with E-state index in [2.05, 4.69) is 62.0 Å². The molecule has 2 aliphatic rings. The van der Waals surface area contributed by atoms with Crippen LogP contribution in [0.25, 0.3) is 16.6 Å². The standard InChI is InChI=1S/C29H31N7O3.2ClH/c1-19-9-10-22-23(31-19)6-4-7-24(22)35-15-13-34(14-16-35)12-11-21-5-3-8-25-28(21)39-17-26-27(30-18-36(25)26)29(38)33-32-20(2)37;;/h3-10,18H,11-17H2,1-2H3,(H,32,37)(H,33,38);2*1H. The number of benzene rings is 2. The maximum atomic E-state index is 12.5.